The minimum absolute atomic E-state index is 0.322. The third-order valence-electron chi connectivity index (χ3n) is 3.28. The molecule has 0 aliphatic carbocycles. The van der Waals surface area contributed by atoms with Crippen LogP contribution in [0, 0.1) is 18.3 Å². The molecular weight excluding hydrogens is 355 g/mol. The highest BCUT2D eigenvalue weighted by molar-refractivity contribution is 7.92. The predicted octanol–water partition coefficient (Wildman–Crippen LogP) is 4.33. The van der Waals surface area contributed by atoms with E-state index in [0.717, 1.165) is 11.8 Å². The molecule has 0 heterocycles. The zero-order chi connectivity index (χ0) is 17.2. The van der Waals surface area contributed by atoms with Crippen molar-refractivity contribution in [2.24, 2.45) is 0 Å². The van der Waals surface area contributed by atoms with E-state index >= 15 is 0 Å². The molecule has 120 valence electrons. The smallest absolute Gasteiger partial charge is 0.229 e. The molecule has 0 amide bonds. The molecule has 0 saturated heterocycles. The topological polar surface area (TPSA) is 70.0 Å². The van der Waals surface area contributed by atoms with Gasteiger partial charge in [-0.3, -0.25) is 4.72 Å². The largest absolute Gasteiger partial charge is 0.283 e. The second kappa shape index (κ2) is 6.79. The third kappa shape index (κ3) is 4.38. The molecule has 0 unspecified atom stereocenters. The number of anilines is 1. The van der Waals surface area contributed by atoms with Crippen LogP contribution in [-0.2, 0) is 10.0 Å². The molecule has 0 bridgehead atoms. The van der Waals surface area contributed by atoms with Crippen LogP contribution in [0.5, 0.6) is 0 Å². The van der Waals surface area contributed by atoms with Crippen molar-refractivity contribution in [1.82, 2.24) is 0 Å². The van der Waals surface area contributed by atoms with Crippen molar-refractivity contribution in [3.8, 4) is 6.07 Å². The first-order chi connectivity index (χ1) is 10.7. The Labute approximate surface area is 145 Å². The Balaban J connectivity index is 2.48. The fourth-order valence-corrected chi connectivity index (χ4v) is 3.23. The highest BCUT2D eigenvalue weighted by Crippen LogP contribution is 2.34. The fourth-order valence-electron chi connectivity index (χ4n) is 2.21. The van der Waals surface area contributed by atoms with Crippen molar-refractivity contribution >= 4 is 38.9 Å². The quantitative estimate of drug-likeness (QED) is 0.872. The van der Waals surface area contributed by atoms with Crippen LogP contribution >= 0.6 is 23.2 Å². The molecule has 2 aromatic rings. The van der Waals surface area contributed by atoms with Crippen molar-refractivity contribution in [1.29, 1.82) is 5.26 Å². The molecule has 2 aromatic carbocycles. The molecule has 0 fully saturated rings. The van der Waals surface area contributed by atoms with E-state index in [1.54, 1.807) is 37.3 Å². The number of nitriles is 1. The summed E-state index contributed by atoms with van der Waals surface area (Å²) in [7, 11) is -3.40. The summed E-state index contributed by atoms with van der Waals surface area (Å²) in [6.07, 6.45) is 1.07. The van der Waals surface area contributed by atoms with Crippen molar-refractivity contribution in [3.63, 3.8) is 0 Å². The van der Waals surface area contributed by atoms with E-state index in [-0.39, 0.29) is 0 Å². The van der Waals surface area contributed by atoms with Crippen molar-refractivity contribution < 1.29 is 8.42 Å². The maximum Gasteiger partial charge on any atom is 0.229 e. The van der Waals surface area contributed by atoms with Gasteiger partial charge in [0.05, 0.1) is 23.9 Å². The second-order valence-electron chi connectivity index (χ2n) is 5.18. The normalized spacial score (nSPS) is 12.5. The number of nitrogens with zero attached hydrogens (tertiary/aromatic N) is 1. The number of hydrogen-bond donors (Lipinski definition) is 1. The molecule has 0 radical (unpaired) electrons. The van der Waals surface area contributed by atoms with Gasteiger partial charge < -0.3 is 0 Å². The van der Waals surface area contributed by atoms with Gasteiger partial charge in [-0.05, 0) is 41.8 Å². The van der Waals surface area contributed by atoms with Gasteiger partial charge in [0.1, 0.15) is 0 Å². The minimum Gasteiger partial charge on any atom is -0.283 e. The molecule has 1 N–H and O–H groups in total. The Hall–Kier alpha value is -1.74. The first-order valence-electron chi connectivity index (χ1n) is 6.64. The molecule has 0 saturated carbocycles. The molecule has 7 heteroatoms. The average molecular weight is 369 g/mol. The lowest BCUT2D eigenvalue weighted by Gasteiger charge is -2.16. The molecule has 23 heavy (non-hydrogen) atoms. The SMILES string of the molecule is Cc1cc([C@H](C#N)c2ccc(Cl)cc2)c(Cl)cc1NS(C)(=O)=O. The summed E-state index contributed by atoms with van der Waals surface area (Å²) in [4.78, 5) is 0. The van der Waals surface area contributed by atoms with Gasteiger partial charge in [-0.15, -0.1) is 0 Å². The monoisotopic (exact) mass is 368 g/mol. The van der Waals surface area contributed by atoms with Crippen molar-refractivity contribution in [3.05, 3.63) is 63.1 Å². The Morgan fingerprint density at radius 3 is 2.30 bits per heavy atom. The number of nitrogens with one attached hydrogen (secondary N) is 1. The summed E-state index contributed by atoms with van der Waals surface area (Å²) < 4.78 is 25.2. The highest BCUT2D eigenvalue weighted by atomic mass is 35.5. The van der Waals surface area contributed by atoms with Crippen LogP contribution in [0.15, 0.2) is 36.4 Å². The molecule has 2 rings (SSSR count). The van der Waals surface area contributed by atoms with Gasteiger partial charge in [0.15, 0.2) is 0 Å². The zero-order valence-electron chi connectivity index (χ0n) is 12.5. The lowest BCUT2D eigenvalue weighted by atomic mass is 9.91. The van der Waals surface area contributed by atoms with Gasteiger partial charge in [-0.2, -0.15) is 5.26 Å². The maximum absolute atomic E-state index is 11.4. The van der Waals surface area contributed by atoms with Gasteiger partial charge in [0.2, 0.25) is 10.0 Å². The third-order valence-corrected chi connectivity index (χ3v) is 4.45. The number of hydrogen-bond acceptors (Lipinski definition) is 3. The molecule has 4 nitrogen and oxygen atoms in total. The average Bonchev–Trinajstić information content (AvgIpc) is 2.45. The number of halogens is 2. The molecule has 0 spiro atoms. The Morgan fingerprint density at radius 2 is 1.78 bits per heavy atom. The molecule has 1 atom stereocenters. The standard InChI is InChI=1S/C16H14Cl2N2O2S/c1-10-7-13(15(18)8-16(10)20-23(2,21)22)14(9-19)11-3-5-12(17)6-4-11/h3-8,14,20H,1-2H3/t14-/m1/s1. The Kier molecular flexibility index (Phi) is 5.20. The Morgan fingerprint density at radius 1 is 1.17 bits per heavy atom. The van der Waals surface area contributed by atoms with E-state index in [4.69, 9.17) is 23.2 Å². The van der Waals surface area contributed by atoms with E-state index < -0.39 is 15.9 Å². The van der Waals surface area contributed by atoms with Gasteiger partial charge in [-0.1, -0.05) is 41.4 Å². The maximum atomic E-state index is 11.4. The van der Waals surface area contributed by atoms with E-state index in [1.807, 2.05) is 0 Å². The van der Waals surface area contributed by atoms with Crippen LogP contribution in [0.1, 0.15) is 22.6 Å². The number of aryl methyl sites for hydroxylation is 1. The lowest BCUT2D eigenvalue weighted by molar-refractivity contribution is 0.607. The van der Waals surface area contributed by atoms with Crippen LogP contribution in [0.3, 0.4) is 0 Å². The first-order valence-corrected chi connectivity index (χ1v) is 9.29. The van der Waals surface area contributed by atoms with E-state index in [1.165, 1.54) is 6.07 Å². The number of sulfonamides is 1. The van der Waals surface area contributed by atoms with Crippen molar-refractivity contribution in [2.45, 2.75) is 12.8 Å². The Bertz CT molecular complexity index is 872. The van der Waals surface area contributed by atoms with E-state index in [2.05, 4.69) is 10.8 Å². The van der Waals surface area contributed by atoms with E-state index in [9.17, 15) is 13.7 Å². The van der Waals surface area contributed by atoms with Crippen molar-refractivity contribution in [2.75, 3.05) is 11.0 Å². The molecule has 0 aliphatic rings. The number of rotatable bonds is 4. The predicted molar refractivity (Wildman–Crippen MR) is 93.6 cm³/mol. The van der Waals surface area contributed by atoms with E-state index in [0.29, 0.717) is 26.9 Å². The zero-order valence-corrected chi connectivity index (χ0v) is 14.8. The van der Waals surface area contributed by atoms with Crippen LogP contribution in [0.25, 0.3) is 0 Å². The second-order valence-corrected chi connectivity index (χ2v) is 7.77. The summed E-state index contributed by atoms with van der Waals surface area (Å²) in [5.74, 6) is -0.564. The van der Waals surface area contributed by atoms with Gasteiger partial charge >= 0.3 is 0 Å². The van der Waals surface area contributed by atoms with Gasteiger partial charge in [-0.25, -0.2) is 8.42 Å². The summed E-state index contributed by atoms with van der Waals surface area (Å²) in [5, 5.41) is 10.4. The van der Waals surface area contributed by atoms with Crippen LogP contribution in [-0.4, -0.2) is 14.7 Å². The fraction of sp³-hybridized carbons (Fsp3) is 0.188. The molecular formula is C16H14Cl2N2O2S. The van der Waals surface area contributed by atoms with Crippen LogP contribution in [0.4, 0.5) is 5.69 Å². The van der Waals surface area contributed by atoms with Crippen LogP contribution in [0.2, 0.25) is 10.0 Å². The number of benzene rings is 2. The minimum atomic E-state index is -3.40. The first kappa shape index (κ1) is 17.6. The lowest BCUT2D eigenvalue weighted by Crippen LogP contribution is -2.11. The van der Waals surface area contributed by atoms with Gasteiger partial charge in [0, 0.05) is 10.0 Å². The van der Waals surface area contributed by atoms with Crippen LogP contribution < -0.4 is 4.72 Å². The summed E-state index contributed by atoms with van der Waals surface area (Å²) in [6.45, 7) is 1.75. The summed E-state index contributed by atoms with van der Waals surface area (Å²) in [5.41, 5.74) is 2.47. The summed E-state index contributed by atoms with van der Waals surface area (Å²) >= 11 is 12.1. The van der Waals surface area contributed by atoms with Gasteiger partial charge in [0.25, 0.3) is 0 Å². The highest BCUT2D eigenvalue weighted by Gasteiger charge is 2.19. The molecule has 0 aromatic heterocycles. The summed E-state index contributed by atoms with van der Waals surface area (Å²) in [6, 6.07) is 12.4. The molecule has 0 aliphatic heterocycles.